The van der Waals surface area contributed by atoms with E-state index in [0.29, 0.717) is 10.8 Å². The molecule has 0 radical (unpaired) electrons. The van der Waals surface area contributed by atoms with Crippen LogP contribution in [0.5, 0.6) is 0 Å². The molecule has 0 bridgehead atoms. The lowest BCUT2D eigenvalue weighted by Gasteiger charge is -2.17. The molecule has 0 aliphatic heterocycles. The third-order valence-electron chi connectivity index (χ3n) is 2.37. The molecule has 0 aliphatic rings. The van der Waals surface area contributed by atoms with Crippen molar-refractivity contribution in [1.82, 2.24) is 14.9 Å². The molecular weight excluding hydrogens is 302 g/mol. The van der Waals surface area contributed by atoms with Gasteiger partial charge in [0.25, 0.3) is 5.91 Å². The molecule has 0 spiro atoms. The molecule has 0 saturated heterocycles. The number of carbonyl (C=O) groups excluding carboxylic acids is 1. The second kappa shape index (κ2) is 7.06. The van der Waals surface area contributed by atoms with Gasteiger partial charge in [-0.15, -0.1) is 5.10 Å². The molecule has 0 aromatic carbocycles. The summed E-state index contributed by atoms with van der Waals surface area (Å²) >= 11 is 4.59. The van der Waals surface area contributed by atoms with Gasteiger partial charge in [-0.2, -0.15) is 0 Å². The van der Waals surface area contributed by atoms with Gasteiger partial charge < -0.3 is 5.32 Å². The predicted octanol–water partition coefficient (Wildman–Crippen LogP) is 2.64. The minimum atomic E-state index is -0.0537. The zero-order chi connectivity index (χ0) is 12.8. The molecule has 96 valence electrons. The van der Waals surface area contributed by atoms with E-state index in [1.165, 1.54) is 11.5 Å². The highest BCUT2D eigenvalue weighted by Gasteiger charge is 2.18. The van der Waals surface area contributed by atoms with Gasteiger partial charge in [0.2, 0.25) is 0 Å². The second-order valence-electron chi connectivity index (χ2n) is 4.36. The summed E-state index contributed by atoms with van der Waals surface area (Å²) in [6, 6.07) is 0.161. The monoisotopic (exact) mass is 319 g/mol. The maximum absolute atomic E-state index is 12.0. The summed E-state index contributed by atoms with van der Waals surface area (Å²) in [5.41, 5.74) is 0.783. The van der Waals surface area contributed by atoms with Crippen LogP contribution in [0.1, 0.15) is 42.6 Å². The number of hydrogen-bond acceptors (Lipinski definition) is 4. The number of rotatable bonds is 6. The lowest BCUT2D eigenvalue weighted by molar-refractivity contribution is 0.0940. The minimum absolute atomic E-state index is 0.0537. The van der Waals surface area contributed by atoms with Gasteiger partial charge in [-0.25, -0.2) is 0 Å². The van der Waals surface area contributed by atoms with Crippen molar-refractivity contribution in [1.29, 1.82) is 0 Å². The molecule has 0 aliphatic carbocycles. The van der Waals surface area contributed by atoms with E-state index >= 15 is 0 Å². The largest absolute Gasteiger partial charge is 0.348 e. The molecule has 1 rings (SSSR count). The van der Waals surface area contributed by atoms with Crippen molar-refractivity contribution in [2.75, 3.05) is 5.33 Å². The normalized spacial score (nSPS) is 12.8. The Kier molecular flexibility index (Phi) is 6.05. The van der Waals surface area contributed by atoms with Crippen LogP contribution in [0, 0.1) is 5.92 Å². The molecule has 1 aromatic rings. The Hall–Kier alpha value is -0.490. The Morgan fingerprint density at radius 2 is 2.24 bits per heavy atom. The smallest absolute Gasteiger partial charge is 0.265 e. The molecular formula is C11H18BrN3OS. The van der Waals surface area contributed by atoms with Crippen LogP contribution >= 0.6 is 27.5 Å². The van der Waals surface area contributed by atoms with E-state index < -0.39 is 0 Å². The van der Waals surface area contributed by atoms with Crippen molar-refractivity contribution < 1.29 is 4.79 Å². The van der Waals surface area contributed by atoms with Crippen molar-refractivity contribution >= 4 is 33.4 Å². The van der Waals surface area contributed by atoms with Gasteiger partial charge in [0.05, 0.1) is 5.69 Å². The number of halogens is 1. The van der Waals surface area contributed by atoms with Crippen molar-refractivity contribution in [2.45, 2.75) is 39.7 Å². The summed E-state index contributed by atoms with van der Waals surface area (Å²) in [7, 11) is 0. The molecule has 0 saturated carbocycles. The van der Waals surface area contributed by atoms with Gasteiger partial charge in [0.15, 0.2) is 0 Å². The third kappa shape index (κ3) is 4.35. The third-order valence-corrected chi connectivity index (χ3v) is 3.92. The van der Waals surface area contributed by atoms with E-state index in [1.807, 2.05) is 6.92 Å². The fourth-order valence-corrected chi connectivity index (χ4v) is 2.67. The first-order chi connectivity index (χ1) is 8.08. The van der Waals surface area contributed by atoms with Crippen molar-refractivity contribution in [2.24, 2.45) is 5.92 Å². The lowest BCUT2D eigenvalue weighted by atomic mass is 10.1. The number of aryl methyl sites for hydroxylation is 1. The van der Waals surface area contributed by atoms with Crippen LogP contribution in [-0.4, -0.2) is 26.9 Å². The summed E-state index contributed by atoms with van der Waals surface area (Å²) in [6.45, 7) is 6.27. The SMILES string of the molecule is CCc1nnsc1C(=O)NC(CBr)CC(C)C. The van der Waals surface area contributed by atoms with E-state index in [4.69, 9.17) is 0 Å². The average Bonchev–Trinajstić information content (AvgIpc) is 2.75. The van der Waals surface area contributed by atoms with Crippen LogP contribution in [0.2, 0.25) is 0 Å². The van der Waals surface area contributed by atoms with E-state index in [9.17, 15) is 4.79 Å². The predicted molar refractivity (Wildman–Crippen MR) is 73.8 cm³/mol. The van der Waals surface area contributed by atoms with Crippen LogP contribution in [0.4, 0.5) is 0 Å². The average molecular weight is 320 g/mol. The van der Waals surface area contributed by atoms with Crippen LogP contribution in [0.15, 0.2) is 0 Å². The van der Waals surface area contributed by atoms with E-state index in [0.717, 1.165) is 23.9 Å². The Balaban J connectivity index is 2.64. The number of hydrogen-bond donors (Lipinski definition) is 1. The zero-order valence-corrected chi connectivity index (χ0v) is 12.8. The minimum Gasteiger partial charge on any atom is -0.348 e. The van der Waals surface area contributed by atoms with Crippen LogP contribution < -0.4 is 5.32 Å². The number of aromatic nitrogens is 2. The summed E-state index contributed by atoms with van der Waals surface area (Å²) in [5.74, 6) is 0.505. The summed E-state index contributed by atoms with van der Waals surface area (Å²) in [4.78, 5) is 12.7. The highest BCUT2D eigenvalue weighted by Crippen LogP contribution is 2.13. The number of carbonyl (C=O) groups is 1. The molecule has 4 nitrogen and oxygen atoms in total. The number of alkyl halides is 1. The van der Waals surface area contributed by atoms with Gasteiger partial charge in [0.1, 0.15) is 4.88 Å². The molecule has 1 atom stereocenters. The van der Waals surface area contributed by atoms with Crippen molar-refractivity contribution in [3.05, 3.63) is 10.6 Å². The molecule has 1 N–H and O–H groups in total. The number of amides is 1. The van der Waals surface area contributed by atoms with Crippen molar-refractivity contribution in [3.8, 4) is 0 Å². The summed E-state index contributed by atoms with van der Waals surface area (Å²) < 4.78 is 3.83. The standard InChI is InChI=1S/C11H18BrN3OS/c1-4-9-10(17-15-14-9)11(16)13-8(6-12)5-7(2)3/h7-8H,4-6H2,1-3H3,(H,13,16). The quantitative estimate of drug-likeness (QED) is 0.820. The molecule has 1 unspecified atom stereocenters. The molecule has 1 heterocycles. The van der Waals surface area contributed by atoms with Gasteiger partial charge >= 0.3 is 0 Å². The maximum Gasteiger partial charge on any atom is 0.265 e. The molecule has 17 heavy (non-hydrogen) atoms. The van der Waals surface area contributed by atoms with E-state index in [2.05, 4.69) is 44.7 Å². The highest BCUT2D eigenvalue weighted by molar-refractivity contribution is 9.09. The van der Waals surface area contributed by atoms with Crippen LogP contribution in [0.25, 0.3) is 0 Å². The first-order valence-corrected chi connectivity index (χ1v) is 7.66. The second-order valence-corrected chi connectivity index (χ2v) is 5.76. The van der Waals surface area contributed by atoms with Gasteiger partial charge in [0, 0.05) is 11.4 Å². The summed E-state index contributed by atoms with van der Waals surface area (Å²) in [6.07, 6.45) is 1.70. The lowest BCUT2D eigenvalue weighted by Crippen LogP contribution is -2.37. The Labute approximate surface area is 114 Å². The van der Waals surface area contributed by atoms with Crippen molar-refractivity contribution in [3.63, 3.8) is 0 Å². The van der Waals surface area contributed by atoms with Gasteiger partial charge in [-0.3, -0.25) is 4.79 Å². The Bertz CT molecular complexity index is 367. The molecule has 1 amide bonds. The van der Waals surface area contributed by atoms with E-state index in [1.54, 1.807) is 0 Å². The molecule has 0 fully saturated rings. The van der Waals surface area contributed by atoms with E-state index in [-0.39, 0.29) is 11.9 Å². The van der Waals surface area contributed by atoms with Gasteiger partial charge in [-0.1, -0.05) is 41.2 Å². The number of nitrogens with zero attached hydrogens (tertiary/aromatic N) is 2. The van der Waals surface area contributed by atoms with Gasteiger partial charge in [-0.05, 0) is 30.3 Å². The fraction of sp³-hybridized carbons (Fsp3) is 0.727. The Morgan fingerprint density at radius 3 is 2.76 bits per heavy atom. The first-order valence-electron chi connectivity index (χ1n) is 5.76. The molecule has 6 heteroatoms. The molecule has 1 aromatic heterocycles. The number of nitrogens with one attached hydrogen (secondary N) is 1. The topological polar surface area (TPSA) is 54.9 Å². The Morgan fingerprint density at radius 1 is 1.53 bits per heavy atom. The first kappa shape index (κ1) is 14.6. The fourth-order valence-electron chi connectivity index (χ4n) is 1.59. The highest BCUT2D eigenvalue weighted by atomic mass is 79.9. The van der Waals surface area contributed by atoms with Crippen LogP contribution in [0.3, 0.4) is 0 Å². The van der Waals surface area contributed by atoms with Crippen LogP contribution in [-0.2, 0) is 6.42 Å². The maximum atomic E-state index is 12.0. The summed E-state index contributed by atoms with van der Waals surface area (Å²) in [5, 5.41) is 7.73. The zero-order valence-electron chi connectivity index (χ0n) is 10.4.